The van der Waals surface area contributed by atoms with Crippen molar-refractivity contribution in [2.45, 2.75) is 51.4 Å². The maximum atomic E-state index is 14.5. The normalized spacial score (nSPS) is 19.9. The Hall–Kier alpha value is -3.87. The Morgan fingerprint density at radius 1 is 1.14 bits per heavy atom. The molecule has 13 heteroatoms. The van der Waals surface area contributed by atoms with E-state index in [0.29, 0.717) is 61.9 Å². The standard InChI is InChI=1S/C23H28FN7O3.CH2O2/c1-16-19(30-10-3-7-25-22(30)26-16)21(34)29-9-4-11-31-17(14-29)13-18(27-31)20(33)28-8-2-5-23(24,15-32)6-12-28;2-1-3/h3,7,10,13,32H,2,4-6,8-9,11-12,14-15H2,1H3;1H,(H,2,3). The van der Waals surface area contributed by atoms with Crippen LogP contribution in [0.5, 0.6) is 0 Å². The van der Waals surface area contributed by atoms with Crippen LogP contribution in [-0.2, 0) is 17.9 Å². The van der Waals surface area contributed by atoms with Crippen LogP contribution in [0.3, 0.4) is 0 Å². The first-order chi connectivity index (χ1) is 17.8. The van der Waals surface area contributed by atoms with Gasteiger partial charge in [0.15, 0.2) is 5.69 Å². The molecular weight excluding hydrogens is 485 g/mol. The van der Waals surface area contributed by atoms with Crippen molar-refractivity contribution in [2.24, 2.45) is 0 Å². The number of aliphatic hydroxyl groups excluding tert-OH is 1. The third-order valence-corrected chi connectivity index (χ3v) is 6.75. The Morgan fingerprint density at radius 2 is 1.89 bits per heavy atom. The van der Waals surface area contributed by atoms with Crippen LogP contribution in [0, 0.1) is 6.92 Å². The predicted octanol–water partition coefficient (Wildman–Crippen LogP) is 1.31. The number of aliphatic hydroxyl groups is 1. The van der Waals surface area contributed by atoms with Gasteiger partial charge in [0, 0.05) is 45.0 Å². The molecule has 5 rings (SSSR count). The molecule has 1 unspecified atom stereocenters. The maximum Gasteiger partial charge on any atom is 0.290 e. The number of fused-ring (bicyclic) bond motifs is 2. The van der Waals surface area contributed by atoms with Gasteiger partial charge in [-0.25, -0.2) is 14.4 Å². The quantitative estimate of drug-likeness (QED) is 0.497. The molecule has 2 amide bonds. The SMILES string of the molecule is Cc1nc2ncccn2c1C(=O)N1CCCn2nc(C(=O)N3CCCC(F)(CO)CC3)cc2C1.O=CO. The van der Waals surface area contributed by atoms with Gasteiger partial charge >= 0.3 is 0 Å². The number of halogens is 1. The molecule has 3 aromatic heterocycles. The topological polar surface area (TPSA) is 146 Å². The van der Waals surface area contributed by atoms with Gasteiger partial charge in [0.05, 0.1) is 24.5 Å². The first-order valence-electron chi connectivity index (χ1n) is 12.1. The number of rotatable bonds is 3. The molecule has 1 saturated heterocycles. The van der Waals surface area contributed by atoms with Gasteiger partial charge in [-0.1, -0.05) is 0 Å². The second-order valence-electron chi connectivity index (χ2n) is 9.22. The average Bonchev–Trinajstić information content (AvgIpc) is 3.29. The fraction of sp³-hybridized carbons (Fsp3) is 0.500. The number of aromatic nitrogens is 5. The van der Waals surface area contributed by atoms with Crippen LogP contribution in [0.2, 0.25) is 0 Å². The minimum Gasteiger partial charge on any atom is -0.483 e. The molecule has 1 atom stereocenters. The molecule has 0 aromatic carbocycles. The number of hydrogen-bond acceptors (Lipinski definition) is 7. The van der Waals surface area contributed by atoms with Crippen LogP contribution in [0.25, 0.3) is 5.78 Å². The van der Waals surface area contributed by atoms with Crippen molar-refractivity contribution < 1.29 is 29.0 Å². The van der Waals surface area contributed by atoms with Crippen LogP contribution < -0.4 is 0 Å². The highest BCUT2D eigenvalue weighted by atomic mass is 19.1. The lowest BCUT2D eigenvalue weighted by molar-refractivity contribution is -0.122. The molecule has 3 aromatic rings. The van der Waals surface area contributed by atoms with Crippen molar-refractivity contribution in [1.82, 2.24) is 33.9 Å². The van der Waals surface area contributed by atoms with Crippen LogP contribution in [0.4, 0.5) is 4.39 Å². The van der Waals surface area contributed by atoms with Crippen LogP contribution in [-0.4, -0.2) is 94.4 Å². The second kappa shape index (κ2) is 11.0. The fourth-order valence-electron chi connectivity index (χ4n) is 4.83. The van der Waals surface area contributed by atoms with Crippen LogP contribution >= 0.6 is 0 Å². The number of alkyl halides is 1. The van der Waals surface area contributed by atoms with Crippen molar-refractivity contribution in [1.29, 1.82) is 0 Å². The molecule has 0 saturated carbocycles. The molecule has 0 radical (unpaired) electrons. The zero-order valence-corrected chi connectivity index (χ0v) is 20.6. The van der Waals surface area contributed by atoms with Gasteiger partial charge in [0.25, 0.3) is 18.3 Å². The summed E-state index contributed by atoms with van der Waals surface area (Å²) in [5, 5.41) is 20.7. The Bertz CT molecular complexity index is 1290. The number of carboxylic acid groups (broad SMARTS) is 1. The van der Waals surface area contributed by atoms with E-state index in [1.54, 1.807) is 50.3 Å². The lowest BCUT2D eigenvalue weighted by Crippen LogP contribution is -2.34. The summed E-state index contributed by atoms with van der Waals surface area (Å²) in [7, 11) is 0. The lowest BCUT2D eigenvalue weighted by atomic mass is 9.98. The van der Waals surface area contributed by atoms with E-state index >= 15 is 0 Å². The van der Waals surface area contributed by atoms with E-state index in [9.17, 15) is 19.1 Å². The molecule has 0 spiro atoms. The Kier molecular flexibility index (Phi) is 7.81. The summed E-state index contributed by atoms with van der Waals surface area (Å²) >= 11 is 0. The smallest absolute Gasteiger partial charge is 0.290 e. The summed E-state index contributed by atoms with van der Waals surface area (Å²) in [5.74, 6) is 0.0905. The summed E-state index contributed by atoms with van der Waals surface area (Å²) in [6.07, 6.45) is 4.96. The summed E-state index contributed by atoms with van der Waals surface area (Å²) in [6, 6.07) is 3.49. The highest BCUT2D eigenvalue weighted by molar-refractivity contribution is 5.95. The predicted molar refractivity (Wildman–Crippen MR) is 129 cm³/mol. The highest BCUT2D eigenvalue weighted by Gasteiger charge is 2.34. The fourth-order valence-corrected chi connectivity index (χ4v) is 4.83. The van der Waals surface area contributed by atoms with E-state index in [2.05, 4.69) is 15.1 Å². The van der Waals surface area contributed by atoms with Gasteiger partial charge in [0.1, 0.15) is 11.4 Å². The largest absolute Gasteiger partial charge is 0.483 e. The molecular formula is C24H30FN7O5. The van der Waals surface area contributed by atoms with E-state index < -0.39 is 12.3 Å². The number of aryl methyl sites for hydroxylation is 2. The van der Waals surface area contributed by atoms with E-state index in [1.807, 2.05) is 0 Å². The van der Waals surface area contributed by atoms with Crippen molar-refractivity contribution in [3.8, 4) is 0 Å². The van der Waals surface area contributed by atoms with E-state index in [0.717, 1.165) is 5.69 Å². The van der Waals surface area contributed by atoms with E-state index in [1.165, 1.54) is 0 Å². The number of nitrogens with zero attached hydrogens (tertiary/aromatic N) is 7. The van der Waals surface area contributed by atoms with Gasteiger partial charge in [-0.05, 0) is 38.3 Å². The van der Waals surface area contributed by atoms with Crippen LogP contribution in [0.1, 0.15) is 58.0 Å². The van der Waals surface area contributed by atoms with Crippen molar-refractivity contribution in [3.63, 3.8) is 0 Å². The Balaban J connectivity index is 0.00000102. The summed E-state index contributed by atoms with van der Waals surface area (Å²) < 4.78 is 18.0. The molecule has 12 nitrogen and oxygen atoms in total. The maximum absolute atomic E-state index is 14.5. The zero-order chi connectivity index (χ0) is 26.6. The van der Waals surface area contributed by atoms with Gasteiger partial charge < -0.3 is 20.0 Å². The summed E-state index contributed by atoms with van der Waals surface area (Å²) in [4.78, 5) is 46.9. The molecule has 0 bridgehead atoms. The number of carbonyl (C=O) groups excluding carboxylic acids is 2. The molecule has 2 aliphatic rings. The Labute approximate surface area is 212 Å². The number of likely N-dealkylation sites (tertiary alicyclic amines) is 1. The third kappa shape index (κ3) is 5.45. The minimum absolute atomic E-state index is 0.110. The first kappa shape index (κ1) is 26.2. The summed E-state index contributed by atoms with van der Waals surface area (Å²) in [5.41, 5.74) is 0.548. The monoisotopic (exact) mass is 515 g/mol. The molecule has 37 heavy (non-hydrogen) atoms. The first-order valence-corrected chi connectivity index (χ1v) is 12.1. The molecule has 2 N–H and O–H groups in total. The van der Waals surface area contributed by atoms with Gasteiger partial charge in [0.2, 0.25) is 5.78 Å². The van der Waals surface area contributed by atoms with Gasteiger partial charge in [-0.3, -0.25) is 23.5 Å². The van der Waals surface area contributed by atoms with Gasteiger partial charge in [-0.15, -0.1) is 0 Å². The van der Waals surface area contributed by atoms with E-state index in [-0.39, 0.29) is 37.7 Å². The number of imidazole rings is 1. The van der Waals surface area contributed by atoms with Crippen LogP contribution in [0.15, 0.2) is 24.5 Å². The average molecular weight is 516 g/mol. The number of hydrogen-bond donors (Lipinski definition) is 2. The minimum atomic E-state index is -1.63. The Morgan fingerprint density at radius 3 is 2.65 bits per heavy atom. The lowest BCUT2D eigenvalue weighted by Gasteiger charge is -2.22. The molecule has 5 heterocycles. The summed E-state index contributed by atoms with van der Waals surface area (Å²) in [6.45, 7) is 3.17. The highest BCUT2D eigenvalue weighted by Crippen LogP contribution is 2.27. The third-order valence-electron chi connectivity index (χ3n) is 6.75. The molecule has 2 aliphatic heterocycles. The van der Waals surface area contributed by atoms with Gasteiger partial charge in [-0.2, -0.15) is 5.10 Å². The number of carbonyl (C=O) groups is 3. The molecule has 1 fully saturated rings. The van der Waals surface area contributed by atoms with Crippen molar-refractivity contribution in [2.75, 3.05) is 26.2 Å². The molecule has 198 valence electrons. The van der Waals surface area contributed by atoms with Crippen molar-refractivity contribution >= 4 is 24.1 Å². The second-order valence-corrected chi connectivity index (χ2v) is 9.22. The van der Waals surface area contributed by atoms with E-state index in [4.69, 9.17) is 9.90 Å². The molecule has 0 aliphatic carbocycles. The van der Waals surface area contributed by atoms with Crippen molar-refractivity contribution in [3.05, 3.63) is 47.3 Å². The zero-order valence-electron chi connectivity index (χ0n) is 20.6. The number of amides is 2.